The smallest absolute Gasteiger partial charge is 0.338 e. The zero-order valence-corrected chi connectivity index (χ0v) is 13.1. The fourth-order valence-electron chi connectivity index (χ4n) is 2.23. The lowest BCUT2D eigenvalue weighted by Gasteiger charge is -2.13. The second-order valence-corrected chi connectivity index (χ2v) is 4.98. The summed E-state index contributed by atoms with van der Waals surface area (Å²) in [6, 6.07) is 13.2. The van der Waals surface area contributed by atoms with Crippen LogP contribution >= 0.6 is 0 Å². The molecule has 0 spiro atoms. The summed E-state index contributed by atoms with van der Waals surface area (Å²) >= 11 is 0. The largest absolute Gasteiger partial charge is 0.489 e. The maximum Gasteiger partial charge on any atom is 0.338 e. The van der Waals surface area contributed by atoms with Crippen LogP contribution in [0.1, 0.15) is 27.0 Å². The van der Waals surface area contributed by atoms with Gasteiger partial charge in [-0.05, 0) is 19.1 Å². The third kappa shape index (κ3) is 3.86. The van der Waals surface area contributed by atoms with Crippen molar-refractivity contribution >= 4 is 5.97 Å². The van der Waals surface area contributed by atoms with Crippen molar-refractivity contribution in [1.82, 2.24) is 0 Å². The Morgan fingerprint density at radius 3 is 2.50 bits per heavy atom. The number of rotatable bonds is 6. The average Bonchev–Trinajstić information content (AvgIpc) is 2.54. The molecule has 0 aromatic heterocycles. The van der Waals surface area contributed by atoms with Crippen LogP contribution in [-0.4, -0.2) is 20.2 Å². The summed E-state index contributed by atoms with van der Waals surface area (Å²) in [4.78, 5) is 11.8. The monoisotopic (exact) mass is 300 g/mol. The molecular weight excluding hydrogens is 280 g/mol. The van der Waals surface area contributed by atoms with Crippen molar-refractivity contribution in [2.45, 2.75) is 20.1 Å². The first-order valence-electron chi connectivity index (χ1n) is 7.03. The van der Waals surface area contributed by atoms with Crippen LogP contribution < -0.4 is 4.74 Å². The molecule has 0 radical (unpaired) electrons. The number of esters is 1. The number of ether oxygens (including phenoxy) is 3. The van der Waals surface area contributed by atoms with Gasteiger partial charge in [0.25, 0.3) is 0 Å². The van der Waals surface area contributed by atoms with Crippen LogP contribution in [0.5, 0.6) is 5.75 Å². The molecule has 4 nitrogen and oxygen atoms in total. The molecule has 0 aliphatic heterocycles. The predicted octanol–water partition coefficient (Wildman–Crippen LogP) is 3.51. The van der Waals surface area contributed by atoms with Gasteiger partial charge < -0.3 is 14.2 Å². The lowest BCUT2D eigenvalue weighted by Crippen LogP contribution is -2.08. The van der Waals surface area contributed by atoms with E-state index in [1.54, 1.807) is 19.2 Å². The molecular formula is C18H20O4. The van der Waals surface area contributed by atoms with Crippen LogP contribution in [0.15, 0.2) is 42.5 Å². The van der Waals surface area contributed by atoms with E-state index in [2.05, 4.69) is 0 Å². The van der Waals surface area contributed by atoms with Crippen LogP contribution in [0.3, 0.4) is 0 Å². The van der Waals surface area contributed by atoms with E-state index in [0.29, 0.717) is 18.8 Å². The fourth-order valence-corrected chi connectivity index (χ4v) is 2.23. The van der Waals surface area contributed by atoms with Gasteiger partial charge >= 0.3 is 5.97 Å². The van der Waals surface area contributed by atoms with E-state index in [0.717, 1.165) is 22.4 Å². The first-order chi connectivity index (χ1) is 10.7. The van der Waals surface area contributed by atoms with Crippen molar-refractivity contribution in [3.63, 3.8) is 0 Å². The van der Waals surface area contributed by atoms with Gasteiger partial charge in [0.05, 0.1) is 19.3 Å². The van der Waals surface area contributed by atoms with E-state index in [-0.39, 0.29) is 5.97 Å². The Morgan fingerprint density at radius 2 is 1.77 bits per heavy atom. The molecule has 0 amide bonds. The van der Waals surface area contributed by atoms with Crippen molar-refractivity contribution in [3.8, 4) is 5.75 Å². The minimum Gasteiger partial charge on any atom is -0.489 e. The van der Waals surface area contributed by atoms with Gasteiger partial charge in [-0.25, -0.2) is 4.79 Å². The maximum atomic E-state index is 11.8. The summed E-state index contributed by atoms with van der Waals surface area (Å²) in [5.74, 6) is 0.396. The van der Waals surface area contributed by atoms with Crippen molar-refractivity contribution in [2.24, 2.45) is 0 Å². The summed E-state index contributed by atoms with van der Waals surface area (Å²) in [7, 11) is 3.02. The highest BCUT2D eigenvalue weighted by Crippen LogP contribution is 2.23. The van der Waals surface area contributed by atoms with E-state index in [4.69, 9.17) is 14.2 Å². The quantitative estimate of drug-likeness (QED) is 0.766. The normalized spacial score (nSPS) is 10.3. The topological polar surface area (TPSA) is 44.8 Å². The molecule has 0 aliphatic carbocycles. The van der Waals surface area contributed by atoms with Gasteiger partial charge in [0.1, 0.15) is 12.4 Å². The number of carbonyl (C=O) groups excluding carboxylic acids is 1. The van der Waals surface area contributed by atoms with Gasteiger partial charge in [-0.2, -0.15) is 0 Å². The first kappa shape index (κ1) is 16.0. The summed E-state index contributed by atoms with van der Waals surface area (Å²) in [6.45, 7) is 2.80. The standard InChI is InChI=1S/C18H20O4/c1-13-8-9-17(15(10-13)11-20-2)22-12-14-6-4-5-7-16(14)18(19)21-3/h4-10H,11-12H2,1-3H3. The minimum absolute atomic E-state index is 0.297. The summed E-state index contributed by atoms with van der Waals surface area (Å²) in [6.07, 6.45) is 0. The zero-order chi connectivity index (χ0) is 15.9. The summed E-state index contributed by atoms with van der Waals surface area (Å²) < 4.78 is 15.9. The van der Waals surface area contributed by atoms with Crippen molar-refractivity contribution in [2.75, 3.05) is 14.2 Å². The minimum atomic E-state index is -0.361. The SMILES string of the molecule is COCc1cc(C)ccc1OCc1ccccc1C(=O)OC. The summed E-state index contributed by atoms with van der Waals surface area (Å²) in [5, 5.41) is 0. The molecule has 0 bridgehead atoms. The second kappa shape index (κ2) is 7.61. The van der Waals surface area contributed by atoms with Crippen LogP contribution in [0, 0.1) is 6.92 Å². The maximum absolute atomic E-state index is 11.8. The molecule has 0 unspecified atom stereocenters. The summed E-state index contributed by atoms with van der Waals surface area (Å²) in [5.41, 5.74) is 3.44. The molecule has 0 heterocycles. The average molecular weight is 300 g/mol. The molecule has 2 rings (SSSR count). The molecule has 0 fully saturated rings. The van der Waals surface area contributed by atoms with Gasteiger partial charge in [-0.1, -0.05) is 35.9 Å². The van der Waals surface area contributed by atoms with Gasteiger partial charge in [0.2, 0.25) is 0 Å². The van der Waals surface area contributed by atoms with Crippen LogP contribution in [0.4, 0.5) is 0 Å². The van der Waals surface area contributed by atoms with E-state index in [9.17, 15) is 4.79 Å². The van der Waals surface area contributed by atoms with E-state index in [1.165, 1.54) is 7.11 Å². The van der Waals surface area contributed by atoms with Crippen LogP contribution in [0.25, 0.3) is 0 Å². The molecule has 0 N–H and O–H groups in total. The Hall–Kier alpha value is -2.33. The van der Waals surface area contributed by atoms with E-state index < -0.39 is 0 Å². The van der Waals surface area contributed by atoms with E-state index >= 15 is 0 Å². The third-order valence-electron chi connectivity index (χ3n) is 3.32. The number of aryl methyl sites for hydroxylation is 1. The highest BCUT2D eigenvalue weighted by atomic mass is 16.5. The molecule has 2 aromatic rings. The zero-order valence-electron chi connectivity index (χ0n) is 13.1. The highest BCUT2D eigenvalue weighted by Gasteiger charge is 2.12. The third-order valence-corrected chi connectivity index (χ3v) is 3.32. The predicted molar refractivity (Wildman–Crippen MR) is 84.0 cm³/mol. The Kier molecular flexibility index (Phi) is 5.55. The molecule has 0 saturated carbocycles. The Bertz CT molecular complexity index is 649. The lowest BCUT2D eigenvalue weighted by molar-refractivity contribution is 0.0597. The number of methoxy groups -OCH3 is 2. The fraction of sp³-hybridized carbons (Fsp3) is 0.278. The molecule has 22 heavy (non-hydrogen) atoms. The van der Waals surface area contributed by atoms with Crippen molar-refractivity contribution in [3.05, 3.63) is 64.7 Å². The molecule has 116 valence electrons. The second-order valence-electron chi connectivity index (χ2n) is 4.98. The molecule has 0 aliphatic rings. The number of hydrogen-bond donors (Lipinski definition) is 0. The lowest BCUT2D eigenvalue weighted by atomic mass is 10.1. The van der Waals surface area contributed by atoms with Gasteiger partial charge in [0, 0.05) is 18.2 Å². The highest BCUT2D eigenvalue weighted by molar-refractivity contribution is 5.90. The van der Waals surface area contributed by atoms with Gasteiger partial charge in [-0.15, -0.1) is 0 Å². The number of carbonyl (C=O) groups is 1. The first-order valence-corrected chi connectivity index (χ1v) is 7.03. The van der Waals surface area contributed by atoms with Gasteiger partial charge in [-0.3, -0.25) is 0 Å². The Labute approximate surface area is 130 Å². The molecule has 4 heteroatoms. The van der Waals surface area contributed by atoms with Gasteiger partial charge in [0.15, 0.2) is 0 Å². The van der Waals surface area contributed by atoms with Crippen molar-refractivity contribution < 1.29 is 19.0 Å². The van der Waals surface area contributed by atoms with Crippen LogP contribution in [-0.2, 0) is 22.7 Å². The van der Waals surface area contributed by atoms with E-state index in [1.807, 2.05) is 37.3 Å². The number of benzene rings is 2. The molecule has 0 atom stereocenters. The number of hydrogen-bond acceptors (Lipinski definition) is 4. The Balaban J connectivity index is 2.19. The van der Waals surface area contributed by atoms with Crippen molar-refractivity contribution in [1.29, 1.82) is 0 Å². The Morgan fingerprint density at radius 1 is 1.00 bits per heavy atom. The molecule has 2 aromatic carbocycles. The molecule has 0 saturated heterocycles. The van der Waals surface area contributed by atoms with Crippen LogP contribution in [0.2, 0.25) is 0 Å².